The molecule has 2 heterocycles. The highest BCUT2D eigenvalue weighted by atomic mass is 35.5. The van der Waals surface area contributed by atoms with Crippen molar-refractivity contribution in [2.45, 2.75) is 44.1 Å². The Hall–Kier alpha value is -2.86. The number of halogens is 8. The molecule has 2 aliphatic rings. The van der Waals surface area contributed by atoms with Gasteiger partial charge < -0.3 is 14.8 Å². The number of carbonyl (C=O) groups is 1. The van der Waals surface area contributed by atoms with Gasteiger partial charge in [0.2, 0.25) is 0 Å². The highest BCUT2D eigenvalue weighted by Gasteiger charge is 2.62. The number of carbonyl (C=O) groups excluding carboxylic acids is 1. The number of hydrogen-bond donors (Lipinski definition) is 1. The summed E-state index contributed by atoms with van der Waals surface area (Å²) in [5, 5.41) is 6.15. The molecule has 2 aliphatic heterocycles. The standard InChI is InChI=1S/C29H23BCl3F5N2O3/c1-15-7-17(24-11-28(43-40-24,29(36,37)38)18-9-22(31)25(33)23(32)10-18)4-5-19(15)26(41)39-12-16-3-6-20-21(8-16)30(2)42-27(20,13-34)14-35/h3-10H,11-14H2,1-2H3,(H,39,41)/t28-/m1/s1. The summed E-state index contributed by atoms with van der Waals surface area (Å²) in [6.07, 6.45) is -5.54. The van der Waals surface area contributed by atoms with Crippen molar-refractivity contribution >= 4 is 58.8 Å². The number of aryl methyl sites for hydroxylation is 1. The maximum absolute atomic E-state index is 14.4. The van der Waals surface area contributed by atoms with E-state index in [2.05, 4.69) is 10.5 Å². The van der Waals surface area contributed by atoms with Gasteiger partial charge in [-0.25, -0.2) is 8.78 Å². The number of nitrogens with zero attached hydrogens (tertiary/aromatic N) is 1. The predicted octanol–water partition coefficient (Wildman–Crippen LogP) is 7.46. The number of benzene rings is 3. The highest BCUT2D eigenvalue weighted by molar-refractivity contribution is 6.67. The van der Waals surface area contributed by atoms with Gasteiger partial charge in [0.05, 0.1) is 20.8 Å². The van der Waals surface area contributed by atoms with Gasteiger partial charge in [-0.15, -0.1) is 0 Å². The van der Waals surface area contributed by atoms with Crippen LogP contribution in [0.25, 0.3) is 0 Å². The van der Waals surface area contributed by atoms with Crippen LogP contribution in [-0.2, 0) is 27.2 Å². The lowest BCUT2D eigenvalue weighted by Gasteiger charge is -2.30. The Morgan fingerprint density at radius 2 is 1.72 bits per heavy atom. The van der Waals surface area contributed by atoms with Crippen LogP contribution in [0.15, 0.2) is 53.7 Å². The van der Waals surface area contributed by atoms with Gasteiger partial charge >= 0.3 is 13.1 Å². The Kier molecular flexibility index (Phi) is 8.50. The molecule has 0 aliphatic carbocycles. The molecular weight excluding hydrogens is 636 g/mol. The van der Waals surface area contributed by atoms with Gasteiger partial charge in [0.15, 0.2) is 0 Å². The van der Waals surface area contributed by atoms with Gasteiger partial charge in [0.25, 0.3) is 11.5 Å². The fraction of sp³-hybridized carbons (Fsp3) is 0.310. The first-order valence-electron chi connectivity index (χ1n) is 13.0. The number of amides is 1. The Balaban J connectivity index is 1.32. The molecule has 0 aromatic heterocycles. The summed E-state index contributed by atoms with van der Waals surface area (Å²) in [5.41, 5.74) is -1.85. The molecule has 3 aromatic carbocycles. The van der Waals surface area contributed by atoms with Crippen LogP contribution in [0.1, 0.15) is 44.6 Å². The summed E-state index contributed by atoms with van der Waals surface area (Å²) >= 11 is 17.9. The molecule has 14 heteroatoms. The minimum Gasteiger partial charge on any atom is -0.418 e. The van der Waals surface area contributed by atoms with Gasteiger partial charge in [-0.3, -0.25) is 4.79 Å². The molecule has 5 rings (SSSR count). The highest BCUT2D eigenvalue weighted by Crippen LogP contribution is 2.50. The molecular formula is C29H23BCl3F5N2O3. The van der Waals surface area contributed by atoms with Crippen molar-refractivity contribution in [3.8, 4) is 0 Å². The van der Waals surface area contributed by atoms with Crippen LogP contribution in [0.4, 0.5) is 22.0 Å². The van der Waals surface area contributed by atoms with Crippen LogP contribution in [0.5, 0.6) is 0 Å². The minimum atomic E-state index is -4.88. The number of alkyl halides is 5. The monoisotopic (exact) mass is 658 g/mol. The Bertz CT molecular complexity index is 1610. The Labute approximate surface area is 259 Å². The zero-order valence-electron chi connectivity index (χ0n) is 22.7. The number of fused-ring (bicyclic) bond motifs is 1. The van der Waals surface area contributed by atoms with Crippen LogP contribution in [0.3, 0.4) is 0 Å². The van der Waals surface area contributed by atoms with Gasteiger partial charge in [-0.2, -0.15) is 13.2 Å². The zero-order valence-corrected chi connectivity index (χ0v) is 25.0. The zero-order chi connectivity index (χ0) is 31.3. The SMILES string of the molecule is CB1OC(CF)(CF)c2ccc(CNC(=O)c3ccc(C4=NO[C@](c5cc(Cl)c(Cl)c(Cl)c5)(C(F)(F)F)C4)cc3C)cc21. The van der Waals surface area contributed by atoms with Crippen molar-refractivity contribution < 1.29 is 36.2 Å². The van der Waals surface area contributed by atoms with E-state index >= 15 is 0 Å². The summed E-state index contributed by atoms with van der Waals surface area (Å²) in [4.78, 5) is 18.1. The van der Waals surface area contributed by atoms with Crippen molar-refractivity contribution in [3.05, 3.63) is 97.0 Å². The molecule has 1 N–H and O–H groups in total. The number of rotatable bonds is 7. The molecule has 226 valence electrons. The second-order valence-corrected chi connectivity index (χ2v) is 11.7. The lowest BCUT2D eigenvalue weighted by Crippen LogP contribution is -2.42. The molecule has 0 spiro atoms. The van der Waals surface area contributed by atoms with E-state index in [0.29, 0.717) is 33.3 Å². The molecule has 1 amide bonds. The largest absolute Gasteiger partial charge is 0.435 e. The Morgan fingerprint density at radius 3 is 2.33 bits per heavy atom. The third-order valence-electron chi connectivity index (χ3n) is 7.77. The third-order valence-corrected chi connectivity index (χ3v) is 8.97. The Morgan fingerprint density at radius 1 is 1.05 bits per heavy atom. The van der Waals surface area contributed by atoms with E-state index in [-0.39, 0.29) is 32.9 Å². The molecule has 5 nitrogen and oxygen atoms in total. The van der Waals surface area contributed by atoms with Crippen molar-refractivity contribution in [1.29, 1.82) is 0 Å². The first-order chi connectivity index (χ1) is 20.2. The number of hydrogen-bond acceptors (Lipinski definition) is 4. The van der Waals surface area contributed by atoms with Crippen LogP contribution in [0, 0.1) is 6.92 Å². The first-order valence-corrected chi connectivity index (χ1v) is 14.2. The second-order valence-electron chi connectivity index (χ2n) is 10.5. The summed E-state index contributed by atoms with van der Waals surface area (Å²) in [6.45, 7) is 0.972. The fourth-order valence-electron chi connectivity index (χ4n) is 5.40. The van der Waals surface area contributed by atoms with Crippen molar-refractivity contribution in [2.75, 3.05) is 13.3 Å². The second kappa shape index (κ2) is 11.6. The van der Waals surface area contributed by atoms with Gasteiger partial charge in [0, 0.05) is 24.1 Å². The van der Waals surface area contributed by atoms with E-state index < -0.39 is 50.0 Å². The van der Waals surface area contributed by atoms with E-state index in [0.717, 1.165) is 12.1 Å². The van der Waals surface area contributed by atoms with Crippen molar-refractivity contribution in [2.24, 2.45) is 5.16 Å². The lowest BCUT2D eigenvalue weighted by atomic mass is 9.63. The molecule has 0 unspecified atom stereocenters. The molecule has 43 heavy (non-hydrogen) atoms. The smallest absolute Gasteiger partial charge is 0.418 e. The van der Waals surface area contributed by atoms with E-state index in [1.165, 1.54) is 12.1 Å². The molecule has 3 aromatic rings. The van der Waals surface area contributed by atoms with Crippen LogP contribution in [0.2, 0.25) is 21.9 Å². The molecule has 1 atom stereocenters. The molecule has 0 bridgehead atoms. The first kappa shape index (κ1) is 31.6. The van der Waals surface area contributed by atoms with Gasteiger partial charge in [-0.1, -0.05) is 71.0 Å². The van der Waals surface area contributed by atoms with E-state index in [4.69, 9.17) is 44.3 Å². The predicted molar refractivity (Wildman–Crippen MR) is 156 cm³/mol. The summed E-state index contributed by atoms with van der Waals surface area (Å²) in [5.74, 6) is -0.421. The normalized spacial score (nSPS) is 19.2. The molecule has 0 radical (unpaired) electrons. The van der Waals surface area contributed by atoms with Gasteiger partial charge in [-0.05, 0) is 58.9 Å². The van der Waals surface area contributed by atoms with Crippen LogP contribution >= 0.6 is 34.8 Å². The van der Waals surface area contributed by atoms with Gasteiger partial charge in [0.1, 0.15) is 19.0 Å². The quantitative estimate of drug-likeness (QED) is 0.163. The van der Waals surface area contributed by atoms with Crippen LogP contribution < -0.4 is 10.8 Å². The third kappa shape index (κ3) is 5.49. The number of oxime groups is 1. The van der Waals surface area contributed by atoms with Crippen LogP contribution in [-0.4, -0.2) is 38.1 Å². The van der Waals surface area contributed by atoms with Crippen molar-refractivity contribution in [3.63, 3.8) is 0 Å². The maximum Gasteiger partial charge on any atom is 0.435 e. The number of nitrogens with one attached hydrogen (secondary N) is 1. The molecule has 0 saturated heterocycles. The molecule has 0 fully saturated rings. The van der Waals surface area contributed by atoms with Crippen molar-refractivity contribution in [1.82, 2.24) is 5.32 Å². The average molecular weight is 660 g/mol. The van der Waals surface area contributed by atoms with E-state index in [9.17, 15) is 26.7 Å². The topological polar surface area (TPSA) is 59.9 Å². The minimum absolute atomic E-state index is 0.0155. The van der Waals surface area contributed by atoms with E-state index in [1.807, 2.05) is 0 Å². The molecule has 0 saturated carbocycles. The summed E-state index contributed by atoms with van der Waals surface area (Å²) in [6, 6.07) is 11.6. The van der Waals surface area contributed by atoms with E-state index in [1.54, 1.807) is 38.0 Å². The maximum atomic E-state index is 14.4. The lowest BCUT2D eigenvalue weighted by molar-refractivity contribution is -0.275. The fourth-order valence-corrected chi connectivity index (χ4v) is 6.00. The summed E-state index contributed by atoms with van der Waals surface area (Å²) < 4.78 is 76.0. The summed E-state index contributed by atoms with van der Waals surface area (Å²) in [7, 11) is 0. The average Bonchev–Trinajstić information content (AvgIpc) is 3.55.